The van der Waals surface area contributed by atoms with E-state index in [0.717, 1.165) is 16.8 Å². The Kier molecular flexibility index (Phi) is 5.72. The highest BCUT2D eigenvalue weighted by Gasteiger charge is 2.17. The van der Waals surface area contributed by atoms with E-state index in [0.29, 0.717) is 17.3 Å². The summed E-state index contributed by atoms with van der Waals surface area (Å²) in [6.07, 6.45) is 1.41. The van der Waals surface area contributed by atoms with Gasteiger partial charge in [-0.1, -0.05) is 41.9 Å². The second-order valence-corrected chi connectivity index (χ2v) is 6.61. The molecule has 0 spiro atoms. The molecule has 1 aromatic heterocycles. The maximum absolute atomic E-state index is 12.8. The van der Waals surface area contributed by atoms with Crippen LogP contribution in [0, 0.1) is 6.92 Å². The Labute approximate surface area is 162 Å². The molecule has 0 unspecified atom stereocenters. The molecule has 138 valence electrons. The third kappa shape index (κ3) is 4.26. The van der Waals surface area contributed by atoms with E-state index in [1.54, 1.807) is 29.2 Å². The number of hydrogen-bond donors (Lipinski definition) is 0. The van der Waals surface area contributed by atoms with Crippen molar-refractivity contribution in [3.05, 3.63) is 81.9 Å². The first-order valence-corrected chi connectivity index (χ1v) is 9.06. The summed E-state index contributed by atoms with van der Waals surface area (Å²) >= 11 is 5.89. The van der Waals surface area contributed by atoms with E-state index in [-0.39, 0.29) is 18.0 Å². The van der Waals surface area contributed by atoms with Crippen molar-refractivity contribution in [3.8, 4) is 11.3 Å². The molecule has 0 atom stereocenters. The smallest absolute Gasteiger partial charge is 0.254 e. The number of nitrogens with zero attached hydrogens (tertiary/aromatic N) is 3. The van der Waals surface area contributed by atoms with Crippen molar-refractivity contribution in [1.29, 1.82) is 0 Å². The van der Waals surface area contributed by atoms with E-state index in [2.05, 4.69) is 4.98 Å². The summed E-state index contributed by atoms with van der Waals surface area (Å²) in [6.45, 7) is 4.33. The van der Waals surface area contributed by atoms with Gasteiger partial charge in [0.2, 0.25) is 5.91 Å². The monoisotopic (exact) mass is 381 g/mol. The Morgan fingerprint density at radius 1 is 1.15 bits per heavy atom. The van der Waals surface area contributed by atoms with E-state index in [1.165, 1.54) is 17.0 Å². The second kappa shape index (κ2) is 8.18. The van der Waals surface area contributed by atoms with Gasteiger partial charge in [0.25, 0.3) is 5.56 Å². The van der Waals surface area contributed by atoms with Crippen molar-refractivity contribution in [2.75, 3.05) is 11.4 Å². The number of halogens is 1. The SMILES string of the molecule is CCN(C(=O)Cn1cnc(-c2ccc(Cl)cc2)cc1=O)c1ccccc1C. The summed E-state index contributed by atoms with van der Waals surface area (Å²) < 4.78 is 1.32. The zero-order valence-electron chi connectivity index (χ0n) is 15.2. The minimum Gasteiger partial charge on any atom is -0.311 e. The molecule has 27 heavy (non-hydrogen) atoms. The van der Waals surface area contributed by atoms with Crippen molar-refractivity contribution in [2.24, 2.45) is 0 Å². The molecular formula is C21H20ClN3O2. The summed E-state index contributed by atoms with van der Waals surface area (Å²) in [5.41, 5.74) is 2.93. The number of para-hydroxylation sites is 1. The van der Waals surface area contributed by atoms with Crippen molar-refractivity contribution >= 4 is 23.2 Å². The van der Waals surface area contributed by atoms with Gasteiger partial charge in [-0.15, -0.1) is 0 Å². The lowest BCUT2D eigenvalue weighted by Crippen LogP contribution is -2.36. The lowest BCUT2D eigenvalue weighted by molar-refractivity contribution is -0.119. The molecule has 5 nitrogen and oxygen atoms in total. The first-order chi connectivity index (χ1) is 13.0. The fourth-order valence-corrected chi connectivity index (χ4v) is 3.03. The summed E-state index contributed by atoms with van der Waals surface area (Å²) in [7, 11) is 0. The largest absolute Gasteiger partial charge is 0.311 e. The quantitative estimate of drug-likeness (QED) is 0.673. The highest BCUT2D eigenvalue weighted by Crippen LogP contribution is 2.20. The van der Waals surface area contributed by atoms with Gasteiger partial charge in [0, 0.05) is 28.9 Å². The van der Waals surface area contributed by atoms with Crippen LogP contribution in [-0.4, -0.2) is 22.0 Å². The van der Waals surface area contributed by atoms with Crippen molar-refractivity contribution in [3.63, 3.8) is 0 Å². The van der Waals surface area contributed by atoms with Gasteiger partial charge in [-0.2, -0.15) is 0 Å². The predicted molar refractivity (Wildman–Crippen MR) is 108 cm³/mol. The van der Waals surface area contributed by atoms with E-state index in [4.69, 9.17) is 11.6 Å². The van der Waals surface area contributed by atoms with Gasteiger partial charge >= 0.3 is 0 Å². The summed E-state index contributed by atoms with van der Waals surface area (Å²) in [5, 5.41) is 0.619. The normalized spacial score (nSPS) is 10.6. The number of rotatable bonds is 5. The maximum Gasteiger partial charge on any atom is 0.254 e. The minimum absolute atomic E-state index is 0.0606. The van der Waals surface area contributed by atoms with Crippen LogP contribution in [-0.2, 0) is 11.3 Å². The number of aromatic nitrogens is 2. The molecule has 1 heterocycles. The van der Waals surface area contributed by atoms with E-state index >= 15 is 0 Å². The van der Waals surface area contributed by atoms with Crippen LogP contribution in [0.25, 0.3) is 11.3 Å². The standard InChI is InChI=1S/C21H20ClN3O2/c1-3-25(19-7-5-4-6-15(19)2)21(27)13-24-14-23-18(12-20(24)26)16-8-10-17(22)11-9-16/h4-12,14H,3,13H2,1-2H3. The summed E-state index contributed by atoms with van der Waals surface area (Å²) in [4.78, 5) is 31.2. The van der Waals surface area contributed by atoms with Crippen LogP contribution in [0.5, 0.6) is 0 Å². The molecule has 2 aromatic carbocycles. The van der Waals surface area contributed by atoms with Crippen molar-refractivity contribution < 1.29 is 4.79 Å². The van der Waals surface area contributed by atoms with Crippen LogP contribution >= 0.6 is 11.6 Å². The Morgan fingerprint density at radius 3 is 2.48 bits per heavy atom. The van der Waals surface area contributed by atoms with Gasteiger partial charge in [0.05, 0.1) is 12.0 Å². The van der Waals surface area contributed by atoms with Crippen LogP contribution in [0.2, 0.25) is 5.02 Å². The van der Waals surface area contributed by atoms with Crippen LogP contribution in [0.15, 0.2) is 65.7 Å². The van der Waals surface area contributed by atoms with Crippen molar-refractivity contribution in [2.45, 2.75) is 20.4 Å². The molecule has 0 saturated carbocycles. The molecule has 1 amide bonds. The fourth-order valence-electron chi connectivity index (χ4n) is 2.90. The summed E-state index contributed by atoms with van der Waals surface area (Å²) in [5.74, 6) is -0.157. The van der Waals surface area contributed by atoms with Crippen LogP contribution in [0.1, 0.15) is 12.5 Å². The van der Waals surface area contributed by atoms with Gasteiger partial charge in [0.1, 0.15) is 6.54 Å². The molecule has 6 heteroatoms. The number of amides is 1. The highest BCUT2D eigenvalue weighted by atomic mass is 35.5. The number of benzene rings is 2. The van der Waals surface area contributed by atoms with Crippen LogP contribution in [0.4, 0.5) is 5.69 Å². The zero-order valence-corrected chi connectivity index (χ0v) is 16.0. The highest BCUT2D eigenvalue weighted by molar-refractivity contribution is 6.30. The lowest BCUT2D eigenvalue weighted by Gasteiger charge is -2.23. The number of carbonyl (C=O) groups excluding carboxylic acids is 1. The van der Waals surface area contributed by atoms with Crippen LogP contribution < -0.4 is 10.5 Å². The molecule has 0 aliphatic heterocycles. The molecule has 3 rings (SSSR count). The van der Waals surface area contributed by atoms with Gasteiger partial charge in [-0.3, -0.25) is 14.2 Å². The van der Waals surface area contributed by atoms with Gasteiger partial charge in [-0.25, -0.2) is 4.98 Å². The summed E-state index contributed by atoms with van der Waals surface area (Å²) in [6, 6.07) is 16.2. The molecule has 0 aliphatic rings. The van der Waals surface area contributed by atoms with Crippen molar-refractivity contribution in [1.82, 2.24) is 9.55 Å². The Hall–Kier alpha value is -2.92. The third-order valence-electron chi connectivity index (χ3n) is 4.35. The average Bonchev–Trinajstić information content (AvgIpc) is 2.66. The van der Waals surface area contributed by atoms with Crippen LogP contribution in [0.3, 0.4) is 0 Å². The Morgan fingerprint density at radius 2 is 1.85 bits per heavy atom. The molecular weight excluding hydrogens is 362 g/mol. The molecule has 0 fully saturated rings. The molecule has 0 aliphatic carbocycles. The molecule has 0 N–H and O–H groups in total. The van der Waals surface area contributed by atoms with E-state index in [1.807, 2.05) is 38.1 Å². The predicted octanol–water partition coefficient (Wildman–Crippen LogP) is 3.93. The van der Waals surface area contributed by atoms with Gasteiger partial charge < -0.3 is 4.90 Å². The topological polar surface area (TPSA) is 55.2 Å². The van der Waals surface area contributed by atoms with Gasteiger partial charge in [0.15, 0.2) is 0 Å². The second-order valence-electron chi connectivity index (χ2n) is 6.17. The van der Waals surface area contributed by atoms with E-state index < -0.39 is 0 Å². The molecule has 3 aromatic rings. The number of aryl methyl sites for hydroxylation is 1. The lowest BCUT2D eigenvalue weighted by atomic mass is 10.1. The number of anilines is 1. The third-order valence-corrected chi connectivity index (χ3v) is 4.60. The van der Waals surface area contributed by atoms with Gasteiger partial charge in [-0.05, 0) is 37.6 Å². The molecule has 0 saturated heterocycles. The number of likely N-dealkylation sites (N-methyl/N-ethyl adjacent to an activating group) is 1. The first-order valence-electron chi connectivity index (χ1n) is 8.68. The first kappa shape index (κ1) is 18.9. The molecule has 0 bridgehead atoms. The number of carbonyl (C=O) groups is 1. The van der Waals surface area contributed by atoms with E-state index in [9.17, 15) is 9.59 Å². The maximum atomic E-state index is 12.8. The number of hydrogen-bond acceptors (Lipinski definition) is 3. The fraction of sp³-hybridized carbons (Fsp3) is 0.190. The Bertz CT molecular complexity index is 1010. The molecule has 0 radical (unpaired) electrons. The minimum atomic E-state index is -0.274. The average molecular weight is 382 g/mol. The Balaban J connectivity index is 1.83. The zero-order chi connectivity index (χ0) is 19.4.